The van der Waals surface area contributed by atoms with Crippen LogP contribution in [0.5, 0.6) is 0 Å². The van der Waals surface area contributed by atoms with E-state index in [1.807, 2.05) is 36.4 Å². The number of carbonyl (C=O) groups is 1. The van der Waals surface area contributed by atoms with Crippen molar-refractivity contribution in [1.82, 2.24) is 10.9 Å². The van der Waals surface area contributed by atoms with Crippen molar-refractivity contribution in [2.45, 2.75) is 25.3 Å². The topological polar surface area (TPSA) is 56.7 Å². The van der Waals surface area contributed by atoms with Crippen LogP contribution < -0.4 is 15.8 Å². The van der Waals surface area contributed by atoms with E-state index in [1.54, 1.807) is 4.90 Å². The van der Waals surface area contributed by atoms with Crippen molar-refractivity contribution in [3.8, 4) is 0 Å². The Labute approximate surface area is 168 Å². The average molecular weight is 401 g/mol. The molecule has 0 aromatic heterocycles. The molecule has 2 aliphatic rings. The lowest BCUT2D eigenvalue weighted by Crippen LogP contribution is -2.49. The molecule has 2 aliphatic heterocycles. The third-order valence-corrected chi connectivity index (χ3v) is 6.22. The molecule has 1 amide bonds. The van der Waals surface area contributed by atoms with Gasteiger partial charge in [-0.3, -0.25) is 15.1 Å². The number of amidine groups is 1. The fraction of sp³-hybridized carbons (Fsp3) is 0.300. The van der Waals surface area contributed by atoms with Crippen LogP contribution in [0.4, 0.5) is 5.69 Å². The first-order valence-corrected chi connectivity index (χ1v) is 10.4. The number of thioether (sulfide) groups is 1. The van der Waals surface area contributed by atoms with Crippen LogP contribution in [0.2, 0.25) is 5.02 Å². The highest BCUT2D eigenvalue weighted by Crippen LogP contribution is 2.31. The zero-order chi connectivity index (χ0) is 18.8. The van der Waals surface area contributed by atoms with Crippen LogP contribution in [-0.2, 0) is 17.0 Å². The van der Waals surface area contributed by atoms with E-state index in [0.29, 0.717) is 17.5 Å². The van der Waals surface area contributed by atoms with Gasteiger partial charge in [-0.1, -0.05) is 60.6 Å². The van der Waals surface area contributed by atoms with E-state index in [2.05, 4.69) is 29.9 Å². The molecular weight excluding hydrogens is 380 g/mol. The van der Waals surface area contributed by atoms with Crippen molar-refractivity contribution in [3.05, 3.63) is 64.7 Å². The molecule has 0 aliphatic carbocycles. The highest BCUT2D eigenvalue weighted by atomic mass is 35.5. The molecule has 2 heterocycles. The number of carbonyl (C=O) groups excluding carboxylic acids is 1. The molecule has 1 fully saturated rings. The van der Waals surface area contributed by atoms with Gasteiger partial charge in [0.05, 0.1) is 11.6 Å². The maximum Gasteiger partial charge on any atom is 0.241 e. The van der Waals surface area contributed by atoms with Crippen molar-refractivity contribution >= 4 is 40.1 Å². The van der Waals surface area contributed by atoms with Gasteiger partial charge in [-0.2, -0.15) is 0 Å². The molecule has 7 heteroatoms. The Bertz CT molecular complexity index is 871. The third-order valence-electron chi connectivity index (χ3n) is 4.85. The van der Waals surface area contributed by atoms with E-state index in [4.69, 9.17) is 16.6 Å². The van der Waals surface area contributed by atoms with Gasteiger partial charge in [0.25, 0.3) is 0 Å². The molecule has 0 bridgehead atoms. The third kappa shape index (κ3) is 3.75. The summed E-state index contributed by atoms with van der Waals surface area (Å²) in [6, 6.07) is 15.9. The van der Waals surface area contributed by atoms with Gasteiger partial charge >= 0.3 is 0 Å². The van der Waals surface area contributed by atoms with Gasteiger partial charge in [-0.25, -0.2) is 10.4 Å². The maximum atomic E-state index is 13.2. The molecule has 140 valence electrons. The molecule has 2 aromatic rings. The van der Waals surface area contributed by atoms with E-state index in [9.17, 15) is 4.79 Å². The number of halogens is 1. The molecule has 2 aromatic carbocycles. The smallest absolute Gasteiger partial charge is 0.241 e. The first-order valence-electron chi connectivity index (χ1n) is 9.02. The van der Waals surface area contributed by atoms with Crippen molar-refractivity contribution in [2.24, 2.45) is 10.9 Å². The van der Waals surface area contributed by atoms with Gasteiger partial charge in [0.1, 0.15) is 6.17 Å². The Morgan fingerprint density at radius 1 is 1.22 bits per heavy atom. The lowest BCUT2D eigenvalue weighted by molar-refractivity contribution is -0.121. The summed E-state index contributed by atoms with van der Waals surface area (Å²) in [5, 5.41) is 1.42. The number of hydrazine groups is 1. The standard InChI is InChI=1S/C20H21ClN4OS/c1-2-13-7-9-15(10-8-13)25-19(26)16-11-22-24-18(16)23-20(25)27-12-14-5-3-4-6-17(14)21/h3-10,16,18,22,24H,2,11-12H2,1H3. The predicted octanol–water partition coefficient (Wildman–Crippen LogP) is 3.59. The number of hydrogen-bond acceptors (Lipinski definition) is 5. The number of aryl methyl sites for hydroxylation is 1. The molecule has 1 saturated heterocycles. The van der Waals surface area contributed by atoms with Crippen LogP contribution in [0, 0.1) is 5.92 Å². The molecule has 0 radical (unpaired) electrons. The largest absolute Gasteiger partial charge is 0.274 e. The highest BCUT2D eigenvalue weighted by molar-refractivity contribution is 8.13. The van der Waals surface area contributed by atoms with Crippen LogP contribution >= 0.6 is 23.4 Å². The summed E-state index contributed by atoms with van der Waals surface area (Å²) in [7, 11) is 0. The summed E-state index contributed by atoms with van der Waals surface area (Å²) in [6.07, 6.45) is 0.743. The fourth-order valence-electron chi connectivity index (χ4n) is 3.25. The number of hydrogen-bond donors (Lipinski definition) is 2. The second-order valence-corrected chi connectivity index (χ2v) is 7.91. The monoisotopic (exact) mass is 400 g/mol. The van der Waals surface area contributed by atoms with Gasteiger partial charge in [-0.15, -0.1) is 0 Å². The minimum Gasteiger partial charge on any atom is -0.274 e. The SMILES string of the molecule is CCc1ccc(N2C(=O)C3CNNC3N=C2SCc2ccccc2Cl)cc1. The Balaban J connectivity index is 1.64. The quantitative estimate of drug-likeness (QED) is 0.823. The lowest BCUT2D eigenvalue weighted by atomic mass is 10.0. The van der Waals surface area contributed by atoms with Gasteiger partial charge < -0.3 is 0 Å². The van der Waals surface area contributed by atoms with Gasteiger partial charge in [0, 0.05) is 17.3 Å². The first kappa shape index (κ1) is 18.5. The number of anilines is 1. The summed E-state index contributed by atoms with van der Waals surface area (Å²) >= 11 is 7.82. The van der Waals surface area contributed by atoms with Crippen LogP contribution in [-0.4, -0.2) is 23.8 Å². The summed E-state index contributed by atoms with van der Waals surface area (Å²) in [5.41, 5.74) is 9.27. The number of nitrogens with zero attached hydrogens (tertiary/aromatic N) is 2. The highest BCUT2D eigenvalue weighted by Gasteiger charge is 2.42. The Hall–Kier alpha value is -1.86. The van der Waals surface area contributed by atoms with Gasteiger partial charge in [0.15, 0.2) is 5.17 Å². The van der Waals surface area contributed by atoms with Crippen molar-refractivity contribution in [3.63, 3.8) is 0 Å². The van der Waals surface area contributed by atoms with E-state index >= 15 is 0 Å². The number of nitrogens with one attached hydrogen (secondary N) is 2. The van der Waals surface area contributed by atoms with Crippen LogP contribution in [0.25, 0.3) is 0 Å². The normalized spacial score (nSPS) is 21.9. The van der Waals surface area contributed by atoms with Crippen LogP contribution in [0.15, 0.2) is 53.5 Å². The molecule has 0 saturated carbocycles. The second-order valence-electron chi connectivity index (χ2n) is 6.56. The zero-order valence-electron chi connectivity index (χ0n) is 15.0. The van der Waals surface area contributed by atoms with Crippen molar-refractivity contribution < 1.29 is 4.79 Å². The van der Waals surface area contributed by atoms with E-state index in [1.165, 1.54) is 17.3 Å². The number of benzene rings is 2. The number of aliphatic imine (C=N–C) groups is 1. The van der Waals surface area contributed by atoms with E-state index in [-0.39, 0.29) is 18.0 Å². The average Bonchev–Trinajstić information content (AvgIpc) is 3.17. The van der Waals surface area contributed by atoms with E-state index < -0.39 is 0 Å². The summed E-state index contributed by atoms with van der Waals surface area (Å²) < 4.78 is 0. The summed E-state index contributed by atoms with van der Waals surface area (Å²) in [4.78, 5) is 19.7. The molecule has 27 heavy (non-hydrogen) atoms. The summed E-state index contributed by atoms with van der Waals surface area (Å²) in [5.74, 6) is 0.527. The maximum absolute atomic E-state index is 13.2. The van der Waals surface area contributed by atoms with Crippen LogP contribution in [0.3, 0.4) is 0 Å². The molecule has 2 N–H and O–H groups in total. The first-order chi connectivity index (χ1) is 13.2. The molecule has 2 unspecified atom stereocenters. The fourth-order valence-corrected chi connectivity index (χ4v) is 4.58. The van der Waals surface area contributed by atoms with Crippen molar-refractivity contribution in [1.29, 1.82) is 0 Å². The molecule has 5 nitrogen and oxygen atoms in total. The molecule has 4 rings (SSSR count). The second kappa shape index (κ2) is 8.02. The van der Waals surface area contributed by atoms with Gasteiger partial charge in [0.2, 0.25) is 5.91 Å². The molecular formula is C20H21ClN4OS. The predicted molar refractivity (Wildman–Crippen MR) is 112 cm³/mol. The number of amides is 1. The molecule has 0 spiro atoms. The van der Waals surface area contributed by atoms with E-state index in [0.717, 1.165) is 22.7 Å². The Morgan fingerprint density at radius 2 is 2.00 bits per heavy atom. The summed E-state index contributed by atoms with van der Waals surface area (Å²) in [6.45, 7) is 2.70. The van der Waals surface area contributed by atoms with Crippen LogP contribution in [0.1, 0.15) is 18.1 Å². The minimum absolute atomic E-state index is 0.0680. The number of rotatable bonds is 4. The van der Waals surface area contributed by atoms with Gasteiger partial charge in [-0.05, 0) is 35.7 Å². The lowest BCUT2D eigenvalue weighted by Gasteiger charge is -2.32. The van der Waals surface area contributed by atoms with Crippen molar-refractivity contribution in [2.75, 3.05) is 11.4 Å². The Kier molecular flexibility index (Phi) is 5.50. The Morgan fingerprint density at radius 3 is 2.74 bits per heavy atom. The zero-order valence-corrected chi connectivity index (χ0v) is 16.6. The molecule has 2 atom stereocenters. The number of fused-ring (bicyclic) bond motifs is 1. The minimum atomic E-state index is -0.225.